The Hall–Kier alpha value is -4.13. The van der Waals surface area contributed by atoms with Crippen molar-refractivity contribution in [2.24, 2.45) is 4.99 Å². The number of hydrogen-bond acceptors (Lipinski definition) is 5. The zero-order chi connectivity index (χ0) is 26.9. The van der Waals surface area contributed by atoms with Crippen molar-refractivity contribution in [1.29, 1.82) is 0 Å². The predicted molar refractivity (Wildman–Crippen MR) is 153 cm³/mol. The van der Waals surface area contributed by atoms with Gasteiger partial charge in [-0.1, -0.05) is 42.5 Å². The summed E-state index contributed by atoms with van der Waals surface area (Å²) >= 11 is 0. The molecule has 0 saturated carbocycles. The first-order valence-electron chi connectivity index (χ1n) is 13.5. The summed E-state index contributed by atoms with van der Waals surface area (Å²) < 4.78 is 28.4. The second-order valence-electron chi connectivity index (χ2n) is 10.3. The summed E-state index contributed by atoms with van der Waals surface area (Å²) in [6.07, 6.45) is 5.04. The van der Waals surface area contributed by atoms with Gasteiger partial charge in [-0.15, -0.1) is 0 Å². The second kappa shape index (κ2) is 10.6. The number of aromatic nitrogens is 2. The molecule has 39 heavy (non-hydrogen) atoms. The first-order valence-corrected chi connectivity index (χ1v) is 13.5. The number of benzene rings is 3. The van der Waals surface area contributed by atoms with Gasteiger partial charge in [-0.25, -0.2) is 18.7 Å². The molecule has 0 bridgehead atoms. The van der Waals surface area contributed by atoms with E-state index >= 15 is 0 Å². The Bertz CT molecular complexity index is 1490. The Morgan fingerprint density at radius 3 is 2.08 bits per heavy atom. The minimum Gasteiger partial charge on any atom is -0.368 e. The average molecular weight is 524 g/mol. The molecule has 1 atom stereocenters. The van der Waals surface area contributed by atoms with Crippen molar-refractivity contribution in [3.05, 3.63) is 107 Å². The highest BCUT2D eigenvalue weighted by molar-refractivity contribution is 6.02. The van der Waals surface area contributed by atoms with Gasteiger partial charge in [0.05, 0.1) is 11.6 Å². The molecule has 1 unspecified atom stereocenters. The third kappa shape index (κ3) is 5.01. The molecule has 1 aromatic heterocycles. The summed E-state index contributed by atoms with van der Waals surface area (Å²) in [5, 5.41) is 0. The van der Waals surface area contributed by atoms with E-state index in [0.717, 1.165) is 55.2 Å². The van der Waals surface area contributed by atoms with E-state index in [-0.39, 0.29) is 11.6 Å². The van der Waals surface area contributed by atoms with E-state index in [4.69, 9.17) is 0 Å². The number of hydrogen-bond donors (Lipinski definition) is 0. The van der Waals surface area contributed by atoms with Gasteiger partial charge in [0.2, 0.25) is 5.95 Å². The summed E-state index contributed by atoms with van der Waals surface area (Å²) in [7, 11) is 0. The van der Waals surface area contributed by atoms with Gasteiger partial charge >= 0.3 is 0 Å². The molecule has 2 aliphatic heterocycles. The van der Waals surface area contributed by atoms with Crippen LogP contribution in [-0.2, 0) is 0 Å². The van der Waals surface area contributed by atoms with E-state index in [0.29, 0.717) is 12.1 Å². The molecule has 0 radical (unpaired) electrons. The molecule has 4 aromatic rings. The number of aryl methyl sites for hydroxylation is 1. The molecule has 2 aliphatic rings. The Labute approximate surface area is 227 Å². The highest BCUT2D eigenvalue weighted by Crippen LogP contribution is 2.33. The quantitative estimate of drug-likeness (QED) is 0.292. The summed E-state index contributed by atoms with van der Waals surface area (Å²) in [5.74, 6) is -0.364. The third-order valence-electron chi connectivity index (χ3n) is 7.96. The zero-order valence-corrected chi connectivity index (χ0v) is 22.2. The van der Waals surface area contributed by atoms with Gasteiger partial charge in [-0.05, 0) is 67.1 Å². The topological polar surface area (TPSA) is 44.6 Å². The van der Waals surface area contributed by atoms with Crippen molar-refractivity contribution in [1.82, 2.24) is 9.97 Å². The molecule has 5 nitrogen and oxygen atoms in total. The van der Waals surface area contributed by atoms with Crippen LogP contribution < -0.4 is 9.80 Å². The smallest absolute Gasteiger partial charge is 0.225 e. The van der Waals surface area contributed by atoms with Gasteiger partial charge in [-0.3, -0.25) is 4.99 Å². The van der Waals surface area contributed by atoms with Crippen molar-refractivity contribution < 1.29 is 8.78 Å². The number of halogens is 2. The van der Waals surface area contributed by atoms with Crippen molar-refractivity contribution in [3.8, 4) is 11.1 Å². The molecule has 0 spiro atoms. The lowest BCUT2D eigenvalue weighted by Crippen LogP contribution is -2.47. The average Bonchev–Trinajstić information content (AvgIpc) is 3.45. The molecular formula is C32H31F2N5. The maximum atomic E-state index is 14.2. The van der Waals surface area contributed by atoms with Crippen LogP contribution in [-0.4, -0.2) is 41.9 Å². The molecule has 7 heteroatoms. The van der Waals surface area contributed by atoms with Crippen LogP contribution in [0.15, 0.2) is 78.0 Å². The minimum atomic E-state index is -0.559. The summed E-state index contributed by atoms with van der Waals surface area (Å²) in [4.78, 5) is 18.7. The Kier molecular flexibility index (Phi) is 6.81. The molecule has 1 fully saturated rings. The molecular weight excluding hydrogens is 492 g/mol. The van der Waals surface area contributed by atoms with E-state index in [1.807, 2.05) is 36.7 Å². The molecule has 0 N–H and O–H groups in total. The second-order valence-corrected chi connectivity index (χ2v) is 10.3. The van der Waals surface area contributed by atoms with E-state index in [9.17, 15) is 8.78 Å². The van der Waals surface area contributed by atoms with Gasteiger partial charge in [-0.2, -0.15) is 0 Å². The lowest BCUT2D eigenvalue weighted by Gasteiger charge is -2.37. The highest BCUT2D eigenvalue weighted by atomic mass is 19.1. The minimum absolute atomic E-state index is 0.000509. The molecule has 6 rings (SSSR count). The van der Waals surface area contributed by atoms with Gasteiger partial charge in [0.15, 0.2) is 0 Å². The number of aliphatic imine (C=N–C) groups is 1. The number of nitrogens with zero attached hydrogens (tertiary/aromatic N) is 5. The summed E-state index contributed by atoms with van der Waals surface area (Å²) in [6.45, 7) is 7.98. The Balaban J connectivity index is 1.10. The molecule has 0 amide bonds. The number of piperazine rings is 1. The van der Waals surface area contributed by atoms with Crippen LogP contribution in [0, 0.1) is 25.5 Å². The van der Waals surface area contributed by atoms with Crippen molar-refractivity contribution in [3.63, 3.8) is 0 Å². The van der Waals surface area contributed by atoms with Crippen LogP contribution >= 0.6 is 0 Å². The number of rotatable bonds is 5. The highest BCUT2D eigenvalue weighted by Gasteiger charge is 2.25. The van der Waals surface area contributed by atoms with Crippen LogP contribution in [0.3, 0.4) is 0 Å². The fraction of sp³-hybridized carbons (Fsp3) is 0.281. The third-order valence-corrected chi connectivity index (χ3v) is 7.96. The lowest BCUT2D eigenvalue weighted by molar-refractivity contribution is 0.578. The van der Waals surface area contributed by atoms with Gasteiger partial charge in [0.25, 0.3) is 0 Å². The maximum absolute atomic E-state index is 14.2. The lowest BCUT2D eigenvalue weighted by atomic mass is 10.0. The number of anilines is 2. The zero-order valence-electron chi connectivity index (χ0n) is 22.2. The SMILES string of the molecule is Cc1cccc(N2CCN(c3ncc(-c4ccc(C5CCC(c6c(F)cccc6F)=N5)cc4)cn3)CC2)c1C. The Morgan fingerprint density at radius 2 is 1.38 bits per heavy atom. The summed E-state index contributed by atoms with van der Waals surface area (Å²) in [6, 6.07) is 18.5. The fourth-order valence-corrected chi connectivity index (χ4v) is 5.55. The summed E-state index contributed by atoms with van der Waals surface area (Å²) in [5.41, 5.74) is 7.48. The Morgan fingerprint density at radius 1 is 0.744 bits per heavy atom. The monoisotopic (exact) mass is 523 g/mol. The fourth-order valence-electron chi connectivity index (χ4n) is 5.55. The van der Waals surface area contributed by atoms with E-state index in [1.54, 1.807) is 0 Å². The van der Waals surface area contributed by atoms with Crippen molar-refractivity contribution in [2.75, 3.05) is 36.0 Å². The van der Waals surface area contributed by atoms with Crippen molar-refractivity contribution in [2.45, 2.75) is 32.7 Å². The van der Waals surface area contributed by atoms with Crippen LogP contribution in [0.4, 0.5) is 20.4 Å². The van der Waals surface area contributed by atoms with E-state index < -0.39 is 11.6 Å². The van der Waals surface area contributed by atoms with E-state index in [1.165, 1.54) is 35.0 Å². The molecule has 3 aromatic carbocycles. The standard InChI is InChI=1S/C32H31F2N5/c1-21-5-3-8-30(22(21)2)38-15-17-39(18-16-38)32-35-19-25(20-36-32)23-9-11-24(12-10-23)28-13-14-29(37-28)31-26(33)6-4-7-27(31)34/h3-12,19-20,28H,13-18H2,1-2H3. The van der Waals surface area contributed by atoms with Gasteiger partial charge < -0.3 is 9.80 Å². The molecule has 0 aliphatic carbocycles. The van der Waals surface area contributed by atoms with Crippen molar-refractivity contribution >= 4 is 17.3 Å². The van der Waals surface area contributed by atoms with Crippen LogP contribution in [0.1, 0.15) is 41.1 Å². The first kappa shape index (κ1) is 25.2. The van der Waals surface area contributed by atoms with Crippen LogP contribution in [0.25, 0.3) is 11.1 Å². The largest absolute Gasteiger partial charge is 0.368 e. The van der Waals surface area contributed by atoms with Crippen LogP contribution in [0.5, 0.6) is 0 Å². The van der Waals surface area contributed by atoms with E-state index in [2.05, 4.69) is 56.8 Å². The van der Waals surface area contributed by atoms with Gasteiger partial charge in [0, 0.05) is 55.5 Å². The van der Waals surface area contributed by atoms with Gasteiger partial charge in [0.1, 0.15) is 11.6 Å². The normalized spacial score (nSPS) is 17.4. The molecule has 198 valence electrons. The van der Waals surface area contributed by atoms with Crippen LogP contribution in [0.2, 0.25) is 0 Å². The predicted octanol–water partition coefficient (Wildman–Crippen LogP) is 6.69. The first-order chi connectivity index (χ1) is 19.0. The molecule has 3 heterocycles. The molecule has 1 saturated heterocycles. The maximum Gasteiger partial charge on any atom is 0.225 e.